The van der Waals surface area contributed by atoms with Crippen LogP contribution in [-0.2, 0) is 21.4 Å². The molecule has 3 rings (SSSR count). The second kappa shape index (κ2) is 7.84. The van der Waals surface area contributed by atoms with Gasteiger partial charge < -0.3 is 14.4 Å². The van der Waals surface area contributed by atoms with Gasteiger partial charge in [-0.25, -0.2) is 8.42 Å². The summed E-state index contributed by atoms with van der Waals surface area (Å²) in [5, 5.41) is 0. The Morgan fingerprint density at radius 3 is 2.77 bits per heavy atom. The predicted molar refractivity (Wildman–Crippen MR) is 97.5 cm³/mol. The maximum absolute atomic E-state index is 13.0. The van der Waals surface area contributed by atoms with Gasteiger partial charge in [-0.1, -0.05) is 13.0 Å². The van der Waals surface area contributed by atoms with Crippen LogP contribution in [-0.4, -0.2) is 55.2 Å². The Balaban J connectivity index is 1.74. The van der Waals surface area contributed by atoms with Gasteiger partial charge in [0.15, 0.2) is 11.5 Å². The van der Waals surface area contributed by atoms with Crippen LogP contribution in [0.2, 0.25) is 0 Å². The molecule has 0 bridgehead atoms. The van der Waals surface area contributed by atoms with Crippen LogP contribution in [0.25, 0.3) is 0 Å². The largest absolute Gasteiger partial charge is 0.454 e. The van der Waals surface area contributed by atoms with Gasteiger partial charge in [0.05, 0.1) is 5.75 Å². The maximum Gasteiger partial charge on any atom is 0.241 e. The molecule has 0 aromatic heterocycles. The summed E-state index contributed by atoms with van der Waals surface area (Å²) in [5.41, 5.74) is 0.936. The second-order valence-electron chi connectivity index (χ2n) is 6.62. The SMILES string of the molecule is CCCS(=O)(=O)N1CCC[C@@H]1C(=O)N(CC)Cc1ccc2c(c1)OCO2. The first kappa shape index (κ1) is 19.0. The summed E-state index contributed by atoms with van der Waals surface area (Å²) in [4.78, 5) is 14.8. The first-order valence-corrected chi connectivity index (χ1v) is 10.7. The van der Waals surface area contributed by atoms with Gasteiger partial charge in [0.1, 0.15) is 6.04 Å². The lowest BCUT2D eigenvalue weighted by molar-refractivity contribution is -0.135. The number of rotatable bonds is 7. The summed E-state index contributed by atoms with van der Waals surface area (Å²) in [7, 11) is -3.38. The second-order valence-corrected chi connectivity index (χ2v) is 8.67. The highest BCUT2D eigenvalue weighted by atomic mass is 32.2. The van der Waals surface area contributed by atoms with Crippen LogP contribution in [0.5, 0.6) is 11.5 Å². The van der Waals surface area contributed by atoms with Crippen LogP contribution < -0.4 is 9.47 Å². The number of hydrogen-bond donors (Lipinski definition) is 0. The molecule has 0 saturated carbocycles. The number of likely N-dealkylation sites (N-methyl/N-ethyl adjacent to an activating group) is 1. The molecule has 1 amide bonds. The molecule has 1 aromatic rings. The van der Waals surface area contributed by atoms with E-state index in [1.807, 2.05) is 32.0 Å². The molecule has 8 heteroatoms. The van der Waals surface area contributed by atoms with Gasteiger partial charge in [0, 0.05) is 19.6 Å². The van der Waals surface area contributed by atoms with Crippen molar-refractivity contribution in [2.24, 2.45) is 0 Å². The van der Waals surface area contributed by atoms with E-state index in [0.29, 0.717) is 44.0 Å². The average molecular weight is 382 g/mol. The van der Waals surface area contributed by atoms with Gasteiger partial charge >= 0.3 is 0 Å². The van der Waals surface area contributed by atoms with Crippen LogP contribution in [0.1, 0.15) is 38.7 Å². The Hall–Kier alpha value is -1.80. The van der Waals surface area contributed by atoms with E-state index in [4.69, 9.17) is 9.47 Å². The summed E-state index contributed by atoms with van der Waals surface area (Å²) in [5.74, 6) is 1.35. The molecule has 0 spiro atoms. The minimum Gasteiger partial charge on any atom is -0.454 e. The normalized spacial score (nSPS) is 19.7. The van der Waals surface area contributed by atoms with E-state index in [1.165, 1.54) is 4.31 Å². The molecule has 1 aromatic carbocycles. The van der Waals surface area contributed by atoms with E-state index in [2.05, 4.69) is 0 Å². The van der Waals surface area contributed by atoms with E-state index >= 15 is 0 Å². The third kappa shape index (κ3) is 3.81. The van der Waals surface area contributed by atoms with Crippen molar-refractivity contribution in [3.05, 3.63) is 23.8 Å². The number of sulfonamides is 1. The monoisotopic (exact) mass is 382 g/mol. The quantitative estimate of drug-likeness (QED) is 0.721. The van der Waals surface area contributed by atoms with Crippen molar-refractivity contribution in [1.29, 1.82) is 0 Å². The molecule has 1 fully saturated rings. The highest BCUT2D eigenvalue weighted by Gasteiger charge is 2.39. The summed E-state index contributed by atoms with van der Waals surface area (Å²) in [6, 6.07) is 5.03. The number of carbonyl (C=O) groups excluding carboxylic acids is 1. The molecule has 2 aliphatic heterocycles. The van der Waals surface area contributed by atoms with Crippen molar-refractivity contribution in [2.75, 3.05) is 25.6 Å². The van der Waals surface area contributed by atoms with Gasteiger partial charge in [0.25, 0.3) is 0 Å². The third-order valence-electron chi connectivity index (χ3n) is 4.81. The van der Waals surface area contributed by atoms with Crippen LogP contribution >= 0.6 is 0 Å². The van der Waals surface area contributed by atoms with Crippen LogP contribution in [0, 0.1) is 0 Å². The fraction of sp³-hybridized carbons (Fsp3) is 0.611. The molecule has 0 unspecified atom stereocenters. The number of fused-ring (bicyclic) bond motifs is 1. The Bertz CT molecular complexity index is 765. The topological polar surface area (TPSA) is 76.2 Å². The summed E-state index contributed by atoms with van der Waals surface area (Å²) in [6.45, 7) is 5.32. The zero-order valence-corrected chi connectivity index (χ0v) is 16.1. The lowest BCUT2D eigenvalue weighted by atomic mass is 10.1. The van der Waals surface area contributed by atoms with Crippen LogP contribution in [0.3, 0.4) is 0 Å². The average Bonchev–Trinajstić information content (AvgIpc) is 3.27. The summed E-state index contributed by atoms with van der Waals surface area (Å²) < 4.78 is 37.0. The van der Waals surface area contributed by atoms with Gasteiger partial charge in [0.2, 0.25) is 22.7 Å². The van der Waals surface area contributed by atoms with Crippen molar-refractivity contribution in [1.82, 2.24) is 9.21 Å². The van der Waals surface area contributed by atoms with Gasteiger partial charge in [-0.2, -0.15) is 4.31 Å². The van der Waals surface area contributed by atoms with Gasteiger partial charge in [-0.15, -0.1) is 0 Å². The maximum atomic E-state index is 13.0. The zero-order valence-electron chi connectivity index (χ0n) is 15.3. The van der Waals surface area contributed by atoms with E-state index < -0.39 is 16.1 Å². The number of amides is 1. The molecule has 1 atom stereocenters. The zero-order chi connectivity index (χ0) is 18.7. The Labute approximate surface area is 154 Å². The van der Waals surface area contributed by atoms with Crippen molar-refractivity contribution < 1.29 is 22.7 Å². The Morgan fingerprint density at radius 2 is 2.04 bits per heavy atom. The number of benzene rings is 1. The van der Waals surface area contributed by atoms with Crippen LogP contribution in [0.4, 0.5) is 0 Å². The number of carbonyl (C=O) groups is 1. The first-order valence-electron chi connectivity index (χ1n) is 9.13. The highest BCUT2D eigenvalue weighted by Crippen LogP contribution is 2.33. The van der Waals surface area contributed by atoms with Crippen molar-refractivity contribution in [3.63, 3.8) is 0 Å². The smallest absolute Gasteiger partial charge is 0.241 e. The Morgan fingerprint density at radius 1 is 1.27 bits per heavy atom. The van der Waals surface area contributed by atoms with Crippen molar-refractivity contribution >= 4 is 15.9 Å². The fourth-order valence-electron chi connectivity index (χ4n) is 3.51. The lowest BCUT2D eigenvalue weighted by Gasteiger charge is -2.29. The minimum absolute atomic E-state index is 0.0884. The molecule has 26 heavy (non-hydrogen) atoms. The predicted octanol–water partition coefficient (Wildman–Crippen LogP) is 1.97. The molecule has 7 nitrogen and oxygen atoms in total. The minimum atomic E-state index is -3.38. The molecule has 1 saturated heterocycles. The van der Waals surface area contributed by atoms with Gasteiger partial charge in [-0.3, -0.25) is 4.79 Å². The van der Waals surface area contributed by atoms with Crippen molar-refractivity contribution in [2.45, 2.75) is 45.7 Å². The lowest BCUT2D eigenvalue weighted by Crippen LogP contribution is -2.48. The molecule has 144 valence electrons. The molecule has 0 N–H and O–H groups in total. The standard InChI is InChI=1S/C18H26N2O5S/c1-3-10-26(22,23)20-9-5-6-15(20)18(21)19(4-2)12-14-7-8-16-17(11-14)25-13-24-16/h7-8,11,15H,3-6,9-10,12-13H2,1-2H3/t15-/m1/s1. The van der Waals surface area contributed by atoms with Crippen molar-refractivity contribution in [3.8, 4) is 11.5 Å². The molecular weight excluding hydrogens is 356 g/mol. The summed E-state index contributed by atoms with van der Waals surface area (Å²) >= 11 is 0. The molecule has 0 aliphatic carbocycles. The van der Waals surface area contributed by atoms with E-state index in [1.54, 1.807) is 4.90 Å². The summed E-state index contributed by atoms with van der Waals surface area (Å²) in [6.07, 6.45) is 1.86. The number of ether oxygens (including phenoxy) is 2. The third-order valence-corrected chi connectivity index (χ3v) is 6.89. The highest BCUT2D eigenvalue weighted by molar-refractivity contribution is 7.89. The molecule has 2 heterocycles. The molecule has 0 radical (unpaired) electrons. The first-order chi connectivity index (χ1) is 12.5. The van der Waals surface area contributed by atoms with E-state index in [-0.39, 0.29) is 18.5 Å². The number of hydrogen-bond acceptors (Lipinski definition) is 5. The number of nitrogens with zero attached hydrogens (tertiary/aromatic N) is 2. The molecular formula is C18H26N2O5S. The molecule has 2 aliphatic rings. The van der Waals surface area contributed by atoms with Gasteiger partial charge in [-0.05, 0) is 43.9 Å². The van der Waals surface area contributed by atoms with Crippen LogP contribution in [0.15, 0.2) is 18.2 Å². The van der Waals surface area contributed by atoms with E-state index in [0.717, 1.165) is 12.0 Å². The van der Waals surface area contributed by atoms with E-state index in [9.17, 15) is 13.2 Å². The Kier molecular flexibility index (Phi) is 5.72. The fourth-order valence-corrected chi connectivity index (χ4v) is 5.25.